The molecule has 0 saturated heterocycles. The van der Waals surface area contributed by atoms with Crippen LogP contribution in [-0.2, 0) is 6.42 Å². The average Bonchev–Trinajstić information content (AvgIpc) is 2.57. The van der Waals surface area contributed by atoms with E-state index in [-0.39, 0.29) is 0 Å². The maximum absolute atomic E-state index is 6.20. The number of nitrogens with one attached hydrogen (secondary N) is 1. The molecule has 1 aliphatic rings. The SMILES string of the molecule is Cc1ccc(NC(=S)N(C)[C@@H]2CCCc3ccccc32)cc1Cl. The summed E-state index contributed by atoms with van der Waals surface area (Å²) in [7, 11) is 2.07. The Bertz CT molecular complexity index is 729. The van der Waals surface area contributed by atoms with Crippen molar-refractivity contribution >= 4 is 34.6 Å². The molecule has 0 heterocycles. The number of rotatable bonds is 2. The molecule has 2 nitrogen and oxygen atoms in total. The van der Waals surface area contributed by atoms with Gasteiger partial charge in [-0.15, -0.1) is 0 Å². The summed E-state index contributed by atoms with van der Waals surface area (Å²) in [4.78, 5) is 2.17. The Labute approximate surface area is 148 Å². The van der Waals surface area contributed by atoms with E-state index in [2.05, 4.69) is 41.5 Å². The van der Waals surface area contributed by atoms with Crippen LogP contribution in [0.15, 0.2) is 42.5 Å². The van der Waals surface area contributed by atoms with Gasteiger partial charge in [0.2, 0.25) is 0 Å². The molecule has 4 heteroatoms. The van der Waals surface area contributed by atoms with Crippen LogP contribution in [0, 0.1) is 6.92 Å². The Hall–Kier alpha value is -1.58. The summed E-state index contributed by atoms with van der Waals surface area (Å²) in [6, 6.07) is 15.0. The molecule has 0 bridgehead atoms. The van der Waals surface area contributed by atoms with Crippen LogP contribution in [0.4, 0.5) is 5.69 Å². The van der Waals surface area contributed by atoms with E-state index in [1.54, 1.807) is 0 Å². The van der Waals surface area contributed by atoms with Crippen molar-refractivity contribution in [2.45, 2.75) is 32.2 Å². The second kappa shape index (κ2) is 6.90. The van der Waals surface area contributed by atoms with E-state index in [1.807, 2.05) is 25.1 Å². The quantitative estimate of drug-likeness (QED) is 0.739. The average molecular weight is 345 g/mol. The van der Waals surface area contributed by atoms with Crippen molar-refractivity contribution in [3.05, 3.63) is 64.2 Å². The summed E-state index contributed by atoms with van der Waals surface area (Å²) >= 11 is 11.8. The molecule has 0 aromatic heterocycles. The Morgan fingerprint density at radius 3 is 2.83 bits per heavy atom. The van der Waals surface area contributed by atoms with Gasteiger partial charge in [-0.3, -0.25) is 0 Å². The lowest BCUT2D eigenvalue weighted by Crippen LogP contribution is -2.36. The van der Waals surface area contributed by atoms with Crippen molar-refractivity contribution in [2.24, 2.45) is 0 Å². The van der Waals surface area contributed by atoms with Crippen molar-refractivity contribution in [1.82, 2.24) is 4.90 Å². The number of hydrogen-bond donors (Lipinski definition) is 1. The van der Waals surface area contributed by atoms with Gasteiger partial charge in [0.25, 0.3) is 0 Å². The highest BCUT2D eigenvalue weighted by molar-refractivity contribution is 7.80. The Balaban J connectivity index is 1.76. The Morgan fingerprint density at radius 1 is 1.26 bits per heavy atom. The van der Waals surface area contributed by atoms with Gasteiger partial charge in [-0.05, 0) is 67.2 Å². The predicted octanol–water partition coefficient (Wildman–Crippen LogP) is 5.35. The number of anilines is 1. The number of aryl methyl sites for hydroxylation is 2. The molecule has 0 unspecified atom stereocenters. The lowest BCUT2D eigenvalue weighted by atomic mass is 9.87. The number of benzene rings is 2. The lowest BCUT2D eigenvalue weighted by Gasteiger charge is -2.35. The third kappa shape index (κ3) is 3.51. The smallest absolute Gasteiger partial charge is 0.173 e. The molecule has 0 saturated carbocycles. The number of thiocarbonyl (C=S) groups is 1. The van der Waals surface area contributed by atoms with Crippen LogP contribution in [0.25, 0.3) is 0 Å². The van der Waals surface area contributed by atoms with Crippen molar-refractivity contribution < 1.29 is 0 Å². The van der Waals surface area contributed by atoms with Gasteiger partial charge in [0.05, 0.1) is 6.04 Å². The third-order valence-corrected chi connectivity index (χ3v) is 5.35. The van der Waals surface area contributed by atoms with Crippen molar-refractivity contribution in [2.75, 3.05) is 12.4 Å². The monoisotopic (exact) mass is 344 g/mol. The van der Waals surface area contributed by atoms with Gasteiger partial charge < -0.3 is 10.2 Å². The second-order valence-corrected chi connectivity index (χ2v) is 6.91. The van der Waals surface area contributed by atoms with Crippen molar-refractivity contribution in [3.63, 3.8) is 0 Å². The van der Waals surface area contributed by atoms with Crippen LogP contribution >= 0.6 is 23.8 Å². The molecule has 0 fully saturated rings. The van der Waals surface area contributed by atoms with Gasteiger partial charge in [-0.25, -0.2) is 0 Å². The lowest BCUT2D eigenvalue weighted by molar-refractivity contribution is 0.336. The molecule has 0 aliphatic heterocycles. The molecule has 120 valence electrons. The number of fused-ring (bicyclic) bond motifs is 1. The summed E-state index contributed by atoms with van der Waals surface area (Å²) in [5, 5.41) is 4.79. The first-order chi connectivity index (χ1) is 11.1. The molecule has 2 aromatic rings. The van der Waals surface area contributed by atoms with Gasteiger partial charge in [0, 0.05) is 17.8 Å². The van der Waals surface area contributed by atoms with E-state index in [1.165, 1.54) is 17.5 Å². The first-order valence-electron chi connectivity index (χ1n) is 7.94. The molecule has 2 aromatic carbocycles. The normalized spacial score (nSPS) is 16.6. The van der Waals surface area contributed by atoms with Crippen molar-refractivity contribution in [1.29, 1.82) is 0 Å². The molecular formula is C19H21ClN2S. The van der Waals surface area contributed by atoms with Crippen LogP contribution in [0.5, 0.6) is 0 Å². The zero-order valence-electron chi connectivity index (χ0n) is 13.5. The van der Waals surface area contributed by atoms with Gasteiger partial charge in [-0.2, -0.15) is 0 Å². The first kappa shape index (κ1) is 16.3. The van der Waals surface area contributed by atoms with E-state index in [0.29, 0.717) is 6.04 Å². The molecule has 0 amide bonds. The number of hydrogen-bond acceptors (Lipinski definition) is 1. The first-order valence-corrected chi connectivity index (χ1v) is 8.72. The summed E-state index contributed by atoms with van der Waals surface area (Å²) < 4.78 is 0. The zero-order chi connectivity index (χ0) is 16.4. The van der Waals surface area contributed by atoms with Crippen molar-refractivity contribution in [3.8, 4) is 0 Å². The fourth-order valence-electron chi connectivity index (χ4n) is 3.15. The fourth-order valence-corrected chi connectivity index (χ4v) is 3.58. The van der Waals surface area contributed by atoms with Crippen LogP contribution < -0.4 is 5.32 Å². The van der Waals surface area contributed by atoms with E-state index >= 15 is 0 Å². The summed E-state index contributed by atoms with van der Waals surface area (Å²) in [5.74, 6) is 0. The van der Waals surface area contributed by atoms with Gasteiger partial charge in [0.15, 0.2) is 5.11 Å². The Morgan fingerprint density at radius 2 is 2.04 bits per heavy atom. The maximum Gasteiger partial charge on any atom is 0.173 e. The highest BCUT2D eigenvalue weighted by Crippen LogP contribution is 2.33. The summed E-state index contributed by atoms with van der Waals surface area (Å²) in [5.41, 5.74) is 4.84. The Kier molecular flexibility index (Phi) is 4.88. The van der Waals surface area contributed by atoms with Crippen LogP contribution in [-0.4, -0.2) is 17.1 Å². The second-order valence-electron chi connectivity index (χ2n) is 6.11. The largest absolute Gasteiger partial charge is 0.345 e. The molecule has 1 N–H and O–H groups in total. The summed E-state index contributed by atoms with van der Waals surface area (Å²) in [6.45, 7) is 2.00. The van der Waals surface area contributed by atoms with Crippen LogP contribution in [0.3, 0.4) is 0 Å². The minimum atomic E-state index is 0.334. The molecule has 23 heavy (non-hydrogen) atoms. The molecule has 1 aliphatic carbocycles. The minimum absolute atomic E-state index is 0.334. The molecule has 0 spiro atoms. The summed E-state index contributed by atoms with van der Waals surface area (Å²) in [6.07, 6.45) is 3.49. The van der Waals surface area contributed by atoms with Crippen LogP contribution in [0.1, 0.15) is 35.6 Å². The number of nitrogens with zero attached hydrogens (tertiary/aromatic N) is 1. The molecule has 0 radical (unpaired) electrons. The topological polar surface area (TPSA) is 15.3 Å². The van der Waals surface area contributed by atoms with Gasteiger partial charge in [0.1, 0.15) is 0 Å². The van der Waals surface area contributed by atoms with Gasteiger partial charge >= 0.3 is 0 Å². The predicted molar refractivity (Wildman–Crippen MR) is 102 cm³/mol. The standard InChI is InChI=1S/C19H21ClN2S/c1-13-10-11-15(12-17(13)20)21-19(23)22(2)18-9-5-7-14-6-3-4-8-16(14)18/h3-4,6,8,10-12,18H,5,7,9H2,1-2H3,(H,21,23)/t18-/m1/s1. The highest BCUT2D eigenvalue weighted by Gasteiger charge is 2.24. The van der Waals surface area contributed by atoms with E-state index < -0.39 is 0 Å². The van der Waals surface area contributed by atoms with Crippen LogP contribution in [0.2, 0.25) is 5.02 Å². The maximum atomic E-state index is 6.20. The number of halogens is 1. The third-order valence-electron chi connectivity index (χ3n) is 4.55. The van der Waals surface area contributed by atoms with E-state index in [0.717, 1.165) is 34.2 Å². The fraction of sp³-hybridized carbons (Fsp3) is 0.316. The van der Waals surface area contributed by atoms with E-state index in [4.69, 9.17) is 23.8 Å². The minimum Gasteiger partial charge on any atom is -0.345 e. The molecule has 3 rings (SSSR count). The molecule has 1 atom stereocenters. The molecular weight excluding hydrogens is 324 g/mol. The highest BCUT2D eigenvalue weighted by atomic mass is 35.5. The van der Waals surface area contributed by atoms with Gasteiger partial charge in [-0.1, -0.05) is 41.9 Å². The van der Waals surface area contributed by atoms with E-state index in [9.17, 15) is 0 Å². The zero-order valence-corrected chi connectivity index (χ0v) is 15.0.